The van der Waals surface area contributed by atoms with Gasteiger partial charge in [0, 0.05) is 6.42 Å². The third-order valence-corrected chi connectivity index (χ3v) is 0.481. The van der Waals surface area contributed by atoms with E-state index in [4.69, 9.17) is 5.41 Å². The lowest BCUT2D eigenvalue weighted by atomic mass is 10.2. The molecule has 0 aromatic rings. The molecule has 0 spiro atoms. The Kier molecular flexibility index (Phi) is 2.73. The van der Waals surface area contributed by atoms with E-state index < -0.39 is 0 Å². The van der Waals surface area contributed by atoms with Crippen LogP contribution in [0.5, 0.6) is 0 Å². The highest BCUT2D eigenvalue weighted by Crippen LogP contribution is 1.91. The molecule has 0 amide bonds. The summed E-state index contributed by atoms with van der Waals surface area (Å²) in [5, 5.41) is 6.55. The van der Waals surface area contributed by atoms with Gasteiger partial charge in [0.05, 0.1) is 0 Å². The average molecular weight is 84.1 g/mol. The molecule has 0 bridgehead atoms. The van der Waals surface area contributed by atoms with Gasteiger partial charge in [0.15, 0.2) is 0 Å². The maximum atomic E-state index is 6.55. The van der Waals surface area contributed by atoms with Gasteiger partial charge in [0.25, 0.3) is 0 Å². The molecule has 0 aromatic heterocycles. The quantitative estimate of drug-likeness (QED) is 0.490. The molecule has 0 aromatic carbocycles. The first-order valence-electron chi connectivity index (χ1n) is 2.11. The van der Waals surface area contributed by atoms with Crippen LogP contribution in [-0.2, 0) is 0 Å². The van der Waals surface area contributed by atoms with Crippen molar-refractivity contribution in [1.82, 2.24) is 0 Å². The minimum absolute atomic E-state index is 0.530. The van der Waals surface area contributed by atoms with Crippen LogP contribution < -0.4 is 0 Å². The molecule has 0 heterocycles. The van der Waals surface area contributed by atoms with E-state index in [9.17, 15) is 0 Å². The van der Waals surface area contributed by atoms with Crippen LogP contribution in [0.4, 0.5) is 0 Å². The third kappa shape index (κ3) is 3.67. The average Bonchev–Trinajstić information content (AvgIpc) is 1.35. The zero-order chi connectivity index (χ0) is 4.99. The fourth-order valence-electron chi connectivity index (χ4n) is 0.192. The van der Waals surface area contributed by atoms with Gasteiger partial charge >= 0.3 is 0 Å². The summed E-state index contributed by atoms with van der Waals surface area (Å²) in [7, 11) is 0. The molecular formula is C5H10N. The van der Waals surface area contributed by atoms with Gasteiger partial charge in [-0.05, 0) is 12.1 Å². The summed E-state index contributed by atoms with van der Waals surface area (Å²) in [5.41, 5.74) is 0. The van der Waals surface area contributed by atoms with E-state index in [1.54, 1.807) is 0 Å². The first-order chi connectivity index (χ1) is 2.77. The van der Waals surface area contributed by atoms with Crippen LogP contribution in [-0.4, -0.2) is 6.21 Å². The van der Waals surface area contributed by atoms with Crippen LogP contribution >= 0.6 is 0 Å². The predicted octanol–water partition coefficient (Wildman–Crippen LogP) is 1.50. The lowest BCUT2D eigenvalue weighted by Crippen LogP contribution is -1.85. The van der Waals surface area contributed by atoms with E-state index in [2.05, 4.69) is 0 Å². The summed E-state index contributed by atoms with van der Waals surface area (Å²) < 4.78 is 0. The maximum absolute atomic E-state index is 6.55. The highest BCUT2D eigenvalue weighted by atomic mass is 14.3. The van der Waals surface area contributed by atoms with Gasteiger partial charge in [-0.15, -0.1) is 0 Å². The molecule has 0 fully saturated rings. The Bertz CT molecular complexity index is 39.2. The largest absolute Gasteiger partial charge is 0.313 e. The summed E-state index contributed by atoms with van der Waals surface area (Å²) in [6.07, 6.45) is 3.16. The number of hydrogen-bond acceptors (Lipinski definition) is 1. The van der Waals surface area contributed by atoms with Crippen molar-refractivity contribution in [2.45, 2.75) is 13.8 Å². The molecule has 1 N–H and O–H groups in total. The first-order valence-corrected chi connectivity index (χ1v) is 2.11. The van der Waals surface area contributed by atoms with Crippen LogP contribution in [0.1, 0.15) is 13.8 Å². The number of nitrogens with one attached hydrogen (secondary N) is 1. The van der Waals surface area contributed by atoms with Crippen molar-refractivity contribution in [3.05, 3.63) is 6.42 Å². The van der Waals surface area contributed by atoms with Crippen molar-refractivity contribution in [1.29, 1.82) is 5.41 Å². The van der Waals surface area contributed by atoms with Gasteiger partial charge in [-0.1, -0.05) is 13.8 Å². The molecule has 6 heavy (non-hydrogen) atoms. The molecule has 1 heteroatoms. The lowest BCUT2D eigenvalue weighted by molar-refractivity contribution is 0.800. The number of hydrogen-bond donors (Lipinski definition) is 1. The lowest BCUT2D eigenvalue weighted by Gasteiger charge is -1.90. The van der Waals surface area contributed by atoms with Crippen molar-refractivity contribution in [3.63, 3.8) is 0 Å². The Balaban J connectivity index is 2.81. The standard InChI is InChI=1S/C5H10N/c1-5(2)3-4-6/h3-6H,1-2H3. The van der Waals surface area contributed by atoms with Crippen molar-refractivity contribution in [2.75, 3.05) is 0 Å². The molecule has 0 atom stereocenters. The molecule has 1 radical (unpaired) electrons. The molecule has 0 aliphatic rings. The smallest absolute Gasteiger partial charge is 0.00382 e. The second-order valence-corrected chi connectivity index (χ2v) is 1.60. The molecule has 1 nitrogen and oxygen atoms in total. The third-order valence-electron chi connectivity index (χ3n) is 0.481. The van der Waals surface area contributed by atoms with Crippen LogP contribution in [0.3, 0.4) is 0 Å². The summed E-state index contributed by atoms with van der Waals surface area (Å²) >= 11 is 0. The summed E-state index contributed by atoms with van der Waals surface area (Å²) in [6.45, 7) is 4.09. The minimum atomic E-state index is 0.530. The molecule has 0 saturated heterocycles. The highest BCUT2D eigenvalue weighted by molar-refractivity contribution is 5.64. The van der Waals surface area contributed by atoms with Crippen LogP contribution in [0.25, 0.3) is 0 Å². The fourth-order valence-corrected chi connectivity index (χ4v) is 0.192. The summed E-state index contributed by atoms with van der Waals surface area (Å²) in [5.74, 6) is 0.530. The Morgan fingerprint density at radius 3 is 2.00 bits per heavy atom. The minimum Gasteiger partial charge on any atom is -0.313 e. The number of rotatable bonds is 2. The first kappa shape index (κ1) is 5.67. The zero-order valence-corrected chi connectivity index (χ0v) is 4.23. The molecule has 0 rings (SSSR count). The van der Waals surface area contributed by atoms with E-state index in [0.717, 1.165) is 0 Å². The van der Waals surface area contributed by atoms with Crippen molar-refractivity contribution in [3.8, 4) is 0 Å². The molecule has 0 saturated carbocycles. The monoisotopic (exact) mass is 84.1 g/mol. The van der Waals surface area contributed by atoms with E-state index in [1.807, 2.05) is 20.3 Å². The van der Waals surface area contributed by atoms with Crippen LogP contribution in [0.15, 0.2) is 0 Å². The zero-order valence-electron chi connectivity index (χ0n) is 4.23. The maximum Gasteiger partial charge on any atom is 0.00382 e. The van der Waals surface area contributed by atoms with E-state index in [0.29, 0.717) is 5.92 Å². The Labute approximate surface area is 38.9 Å². The fraction of sp³-hybridized carbons (Fsp3) is 0.600. The van der Waals surface area contributed by atoms with Crippen LogP contribution in [0.2, 0.25) is 0 Å². The molecule has 0 aliphatic heterocycles. The molecule has 0 aliphatic carbocycles. The Hall–Kier alpha value is -0.330. The van der Waals surface area contributed by atoms with Crippen molar-refractivity contribution < 1.29 is 0 Å². The topological polar surface area (TPSA) is 23.9 Å². The molecule has 0 unspecified atom stereocenters. The van der Waals surface area contributed by atoms with E-state index in [-0.39, 0.29) is 0 Å². The van der Waals surface area contributed by atoms with Gasteiger partial charge in [0.2, 0.25) is 0 Å². The molecular weight excluding hydrogens is 74.1 g/mol. The van der Waals surface area contributed by atoms with E-state index >= 15 is 0 Å². The van der Waals surface area contributed by atoms with Crippen molar-refractivity contribution in [2.24, 2.45) is 5.92 Å². The predicted molar refractivity (Wildman–Crippen MR) is 27.9 cm³/mol. The van der Waals surface area contributed by atoms with Crippen LogP contribution in [0, 0.1) is 17.7 Å². The van der Waals surface area contributed by atoms with Gasteiger partial charge in [0.1, 0.15) is 0 Å². The van der Waals surface area contributed by atoms with E-state index in [1.165, 1.54) is 6.21 Å². The highest BCUT2D eigenvalue weighted by Gasteiger charge is 1.84. The van der Waals surface area contributed by atoms with Gasteiger partial charge in [-0.25, -0.2) is 0 Å². The Morgan fingerprint density at radius 1 is 1.50 bits per heavy atom. The van der Waals surface area contributed by atoms with Crippen molar-refractivity contribution >= 4 is 6.21 Å². The second kappa shape index (κ2) is 2.88. The second-order valence-electron chi connectivity index (χ2n) is 1.60. The normalized spacial score (nSPS) is 9.17. The van der Waals surface area contributed by atoms with Gasteiger partial charge in [-0.2, -0.15) is 0 Å². The molecule has 35 valence electrons. The SMILES string of the molecule is CC(C)[CH]C=N. The Morgan fingerprint density at radius 2 is 2.00 bits per heavy atom. The van der Waals surface area contributed by atoms with Gasteiger partial charge in [-0.3, -0.25) is 0 Å². The summed E-state index contributed by atoms with van der Waals surface area (Å²) in [6, 6.07) is 0. The van der Waals surface area contributed by atoms with Gasteiger partial charge < -0.3 is 5.41 Å². The summed E-state index contributed by atoms with van der Waals surface area (Å²) in [4.78, 5) is 0.